The molecule has 1 fully saturated rings. The van der Waals surface area contributed by atoms with E-state index in [1.54, 1.807) is 13.1 Å². The zero-order valence-corrected chi connectivity index (χ0v) is 12.9. The molecule has 22 heavy (non-hydrogen) atoms. The minimum Gasteiger partial charge on any atom is -0.333 e. The number of pyridine rings is 1. The van der Waals surface area contributed by atoms with Gasteiger partial charge in [-0.15, -0.1) is 0 Å². The van der Waals surface area contributed by atoms with E-state index < -0.39 is 0 Å². The molecule has 0 radical (unpaired) electrons. The Morgan fingerprint density at radius 1 is 1.18 bits per heavy atom. The van der Waals surface area contributed by atoms with Gasteiger partial charge in [-0.05, 0) is 17.2 Å². The summed E-state index contributed by atoms with van der Waals surface area (Å²) in [7, 11) is 0. The smallest absolute Gasteiger partial charge is 0.220 e. The van der Waals surface area contributed by atoms with E-state index in [1.165, 1.54) is 11.1 Å². The quantitative estimate of drug-likeness (QED) is 0.873. The molecule has 4 nitrogen and oxygen atoms in total. The van der Waals surface area contributed by atoms with E-state index in [4.69, 9.17) is 0 Å². The van der Waals surface area contributed by atoms with Crippen LogP contribution in [0.2, 0.25) is 0 Å². The van der Waals surface area contributed by atoms with Gasteiger partial charge < -0.3 is 4.90 Å². The van der Waals surface area contributed by atoms with Crippen molar-refractivity contribution in [2.75, 3.05) is 19.6 Å². The van der Waals surface area contributed by atoms with Crippen LogP contribution >= 0.6 is 0 Å². The lowest BCUT2D eigenvalue weighted by molar-refractivity contribution is -0.134. The lowest BCUT2D eigenvalue weighted by atomic mass is 10.0. The van der Waals surface area contributed by atoms with Gasteiger partial charge in [0.1, 0.15) is 0 Å². The van der Waals surface area contributed by atoms with Gasteiger partial charge in [0, 0.05) is 45.5 Å². The van der Waals surface area contributed by atoms with Gasteiger partial charge in [-0.1, -0.05) is 36.4 Å². The van der Waals surface area contributed by atoms with E-state index in [2.05, 4.69) is 28.1 Å². The molecule has 3 rings (SSSR count). The molecule has 0 aliphatic carbocycles. The van der Waals surface area contributed by atoms with Gasteiger partial charge in [0.25, 0.3) is 0 Å². The number of hydrogen-bond donors (Lipinski definition) is 0. The van der Waals surface area contributed by atoms with Gasteiger partial charge in [-0.25, -0.2) is 0 Å². The van der Waals surface area contributed by atoms with Crippen LogP contribution in [0.4, 0.5) is 0 Å². The van der Waals surface area contributed by atoms with Crippen molar-refractivity contribution in [2.45, 2.75) is 19.5 Å². The van der Waals surface area contributed by atoms with Crippen LogP contribution in [0.25, 0.3) is 0 Å². The summed E-state index contributed by atoms with van der Waals surface area (Å²) >= 11 is 0. The summed E-state index contributed by atoms with van der Waals surface area (Å²) in [4.78, 5) is 20.5. The maximum Gasteiger partial charge on any atom is 0.220 e. The number of carbonyl (C=O) groups is 1. The second kappa shape index (κ2) is 6.71. The number of carbonyl (C=O) groups excluding carboxylic acids is 1. The highest BCUT2D eigenvalue weighted by Crippen LogP contribution is 2.26. The monoisotopic (exact) mass is 295 g/mol. The molecule has 1 aromatic carbocycles. The molecule has 4 heteroatoms. The zero-order valence-electron chi connectivity index (χ0n) is 12.9. The van der Waals surface area contributed by atoms with Crippen molar-refractivity contribution in [1.29, 1.82) is 0 Å². The Morgan fingerprint density at radius 3 is 2.68 bits per heavy atom. The lowest BCUT2D eigenvalue weighted by Crippen LogP contribution is -2.49. The first-order valence-electron chi connectivity index (χ1n) is 7.67. The highest BCUT2D eigenvalue weighted by molar-refractivity contribution is 5.74. The summed E-state index contributed by atoms with van der Waals surface area (Å²) in [6, 6.07) is 14.5. The fraction of sp³-hybridized carbons (Fsp3) is 0.333. The number of piperazine rings is 1. The van der Waals surface area contributed by atoms with Gasteiger partial charge in [0.15, 0.2) is 0 Å². The fourth-order valence-electron chi connectivity index (χ4n) is 3.07. The molecule has 0 unspecified atom stereocenters. The molecule has 1 atom stereocenters. The maximum atomic E-state index is 11.9. The molecular weight excluding hydrogens is 274 g/mol. The predicted molar refractivity (Wildman–Crippen MR) is 86.1 cm³/mol. The molecule has 2 heterocycles. The molecule has 1 aliphatic heterocycles. The first-order chi connectivity index (χ1) is 10.7. The standard InChI is InChI=1S/C18H21N3O/c1-15(22)21-11-10-20(13-16-6-5-9-19-12-16)14-18(21)17-7-3-2-4-8-17/h2-9,12,18H,10-11,13-14H2,1H3/t18-/m1/s1. The van der Waals surface area contributed by atoms with E-state index in [-0.39, 0.29) is 11.9 Å². The van der Waals surface area contributed by atoms with E-state index in [0.29, 0.717) is 0 Å². The van der Waals surface area contributed by atoms with Crippen molar-refractivity contribution in [3.05, 3.63) is 66.0 Å². The molecule has 114 valence electrons. The third-order valence-corrected chi connectivity index (χ3v) is 4.18. The molecule has 0 bridgehead atoms. The Bertz CT molecular complexity index is 615. The number of aromatic nitrogens is 1. The minimum absolute atomic E-state index is 0.129. The van der Waals surface area contributed by atoms with Crippen LogP contribution in [0.3, 0.4) is 0 Å². The first-order valence-corrected chi connectivity index (χ1v) is 7.67. The van der Waals surface area contributed by atoms with Gasteiger partial charge in [-0.3, -0.25) is 14.7 Å². The topological polar surface area (TPSA) is 36.4 Å². The number of amides is 1. The summed E-state index contributed by atoms with van der Waals surface area (Å²) < 4.78 is 0. The number of rotatable bonds is 3. The minimum atomic E-state index is 0.129. The van der Waals surface area contributed by atoms with Crippen molar-refractivity contribution in [3.8, 4) is 0 Å². The van der Waals surface area contributed by atoms with E-state index >= 15 is 0 Å². The van der Waals surface area contributed by atoms with Crippen LogP contribution < -0.4 is 0 Å². The number of hydrogen-bond acceptors (Lipinski definition) is 3. The molecule has 2 aromatic rings. The normalized spacial score (nSPS) is 19.1. The summed E-state index contributed by atoms with van der Waals surface area (Å²) in [5.41, 5.74) is 2.42. The molecule has 0 N–H and O–H groups in total. The van der Waals surface area contributed by atoms with Gasteiger partial charge in [0.2, 0.25) is 5.91 Å². The van der Waals surface area contributed by atoms with Crippen LogP contribution in [-0.4, -0.2) is 40.3 Å². The average Bonchev–Trinajstić information content (AvgIpc) is 2.56. The van der Waals surface area contributed by atoms with Gasteiger partial charge in [-0.2, -0.15) is 0 Å². The van der Waals surface area contributed by atoms with Crippen molar-refractivity contribution >= 4 is 5.91 Å². The van der Waals surface area contributed by atoms with Crippen molar-refractivity contribution in [2.24, 2.45) is 0 Å². The largest absolute Gasteiger partial charge is 0.333 e. The van der Waals surface area contributed by atoms with Crippen LogP contribution in [0, 0.1) is 0 Å². The van der Waals surface area contributed by atoms with Gasteiger partial charge in [0.05, 0.1) is 6.04 Å². The van der Waals surface area contributed by atoms with Crippen LogP contribution in [-0.2, 0) is 11.3 Å². The molecule has 0 saturated carbocycles. The Morgan fingerprint density at radius 2 is 2.00 bits per heavy atom. The number of benzene rings is 1. The highest BCUT2D eigenvalue weighted by atomic mass is 16.2. The van der Waals surface area contributed by atoms with E-state index in [9.17, 15) is 4.79 Å². The third kappa shape index (κ3) is 3.34. The zero-order chi connectivity index (χ0) is 15.4. The number of nitrogens with zero attached hydrogens (tertiary/aromatic N) is 3. The first kappa shape index (κ1) is 14.7. The summed E-state index contributed by atoms with van der Waals surface area (Å²) in [6.45, 7) is 5.07. The molecule has 1 aromatic heterocycles. The SMILES string of the molecule is CC(=O)N1CCN(Cc2cccnc2)C[C@@H]1c1ccccc1. The fourth-order valence-corrected chi connectivity index (χ4v) is 3.07. The van der Waals surface area contributed by atoms with Gasteiger partial charge >= 0.3 is 0 Å². The van der Waals surface area contributed by atoms with E-state index in [1.807, 2.05) is 35.4 Å². The summed E-state index contributed by atoms with van der Waals surface area (Å²) in [5, 5.41) is 0. The predicted octanol–water partition coefficient (Wildman–Crippen LogP) is 2.49. The molecule has 1 saturated heterocycles. The summed E-state index contributed by atoms with van der Waals surface area (Å²) in [6.07, 6.45) is 3.71. The Hall–Kier alpha value is -2.20. The Balaban J connectivity index is 1.77. The van der Waals surface area contributed by atoms with Crippen molar-refractivity contribution in [1.82, 2.24) is 14.8 Å². The van der Waals surface area contributed by atoms with Crippen LogP contribution in [0.1, 0.15) is 24.1 Å². The lowest BCUT2D eigenvalue weighted by Gasteiger charge is -2.41. The molecule has 1 aliphatic rings. The highest BCUT2D eigenvalue weighted by Gasteiger charge is 2.29. The van der Waals surface area contributed by atoms with Crippen LogP contribution in [0.15, 0.2) is 54.9 Å². The second-order valence-electron chi connectivity index (χ2n) is 5.74. The van der Waals surface area contributed by atoms with Crippen LogP contribution in [0.5, 0.6) is 0 Å². The second-order valence-corrected chi connectivity index (χ2v) is 5.74. The maximum absolute atomic E-state index is 11.9. The molecule has 0 spiro atoms. The van der Waals surface area contributed by atoms with Crippen molar-refractivity contribution < 1.29 is 4.79 Å². The van der Waals surface area contributed by atoms with E-state index in [0.717, 1.165) is 26.2 Å². The molecular formula is C18H21N3O. The third-order valence-electron chi connectivity index (χ3n) is 4.18. The van der Waals surface area contributed by atoms with Crippen molar-refractivity contribution in [3.63, 3.8) is 0 Å². The molecule has 1 amide bonds. The Labute approximate surface area is 131 Å². The Kier molecular flexibility index (Phi) is 4.49. The summed E-state index contributed by atoms with van der Waals surface area (Å²) in [5.74, 6) is 0.148. The average molecular weight is 295 g/mol.